The summed E-state index contributed by atoms with van der Waals surface area (Å²) in [4.78, 5) is 12.9. The molecule has 4 saturated carbocycles. The maximum atomic E-state index is 12.9. The topological polar surface area (TPSA) is 54.0 Å². The first-order valence-corrected chi connectivity index (χ1v) is 11.9. The molecule has 6 fully saturated rings. The van der Waals surface area contributed by atoms with Crippen LogP contribution in [0.5, 0.6) is 0 Å². The van der Waals surface area contributed by atoms with Crippen LogP contribution in [-0.4, -0.2) is 44.8 Å². The minimum atomic E-state index is -0.415. The van der Waals surface area contributed by atoms with Gasteiger partial charge in [0.15, 0.2) is 5.79 Å². The molecule has 162 valence electrons. The summed E-state index contributed by atoms with van der Waals surface area (Å²) in [6.45, 7) is 6.97. The third-order valence-corrected chi connectivity index (χ3v) is 11.0. The number of carbonyl (C=O) groups excluding carboxylic acids is 1. The van der Waals surface area contributed by atoms with E-state index in [1.807, 2.05) is 0 Å². The van der Waals surface area contributed by atoms with Gasteiger partial charge in [-0.2, -0.15) is 0 Å². The zero-order valence-electron chi connectivity index (χ0n) is 18.2. The molecule has 2 saturated heterocycles. The van der Waals surface area contributed by atoms with Crippen LogP contribution in [0.2, 0.25) is 0 Å². The van der Waals surface area contributed by atoms with Crippen molar-refractivity contribution in [1.29, 1.82) is 0 Å². The first-order valence-electron chi connectivity index (χ1n) is 11.9. The van der Waals surface area contributed by atoms with E-state index in [4.69, 9.17) is 18.9 Å². The second kappa shape index (κ2) is 5.98. The normalized spacial score (nSPS) is 54.7. The largest absolute Gasteiger partial charge is 0.469 e. The number of hydrogen-bond acceptors (Lipinski definition) is 5. The Kier molecular flexibility index (Phi) is 3.93. The molecule has 2 heterocycles. The Morgan fingerprint density at radius 1 is 1.00 bits per heavy atom. The van der Waals surface area contributed by atoms with Crippen molar-refractivity contribution in [2.75, 3.05) is 26.9 Å². The van der Waals surface area contributed by atoms with Gasteiger partial charge in [0.05, 0.1) is 38.4 Å². The first-order chi connectivity index (χ1) is 13.9. The fraction of sp³-hybridized carbons (Fsp3) is 0.958. The lowest BCUT2D eigenvalue weighted by atomic mass is 9.43. The van der Waals surface area contributed by atoms with Gasteiger partial charge in [-0.1, -0.05) is 13.8 Å². The Morgan fingerprint density at radius 3 is 2.55 bits per heavy atom. The van der Waals surface area contributed by atoms with Crippen LogP contribution in [0.3, 0.4) is 0 Å². The molecule has 8 atom stereocenters. The Labute approximate surface area is 174 Å². The van der Waals surface area contributed by atoms with E-state index in [1.165, 1.54) is 19.3 Å². The van der Waals surface area contributed by atoms with Gasteiger partial charge in [0.1, 0.15) is 0 Å². The van der Waals surface area contributed by atoms with Crippen LogP contribution in [0.4, 0.5) is 0 Å². The lowest BCUT2D eigenvalue weighted by Crippen LogP contribution is -2.60. The van der Waals surface area contributed by atoms with Gasteiger partial charge in [-0.25, -0.2) is 0 Å². The second-order valence-electron chi connectivity index (χ2n) is 11.4. The number of hydrogen-bond donors (Lipinski definition) is 0. The molecule has 0 radical (unpaired) electrons. The average Bonchev–Trinajstić information content (AvgIpc) is 3.38. The third-order valence-electron chi connectivity index (χ3n) is 11.0. The van der Waals surface area contributed by atoms with Gasteiger partial charge in [-0.05, 0) is 67.6 Å². The van der Waals surface area contributed by atoms with E-state index in [0.717, 1.165) is 45.3 Å². The predicted molar refractivity (Wildman–Crippen MR) is 106 cm³/mol. The van der Waals surface area contributed by atoms with Crippen molar-refractivity contribution in [2.24, 2.45) is 39.9 Å². The number of methoxy groups -OCH3 is 1. The van der Waals surface area contributed by atoms with Crippen LogP contribution in [-0.2, 0) is 23.7 Å². The minimum absolute atomic E-state index is 0.0292. The molecule has 0 amide bonds. The Balaban J connectivity index is 1.33. The molecule has 6 aliphatic rings. The Hall–Kier alpha value is -0.650. The maximum absolute atomic E-state index is 12.9. The van der Waals surface area contributed by atoms with Gasteiger partial charge in [0.2, 0.25) is 0 Å². The summed E-state index contributed by atoms with van der Waals surface area (Å²) >= 11 is 0. The smallest absolute Gasteiger partial charge is 0.314 e. The molecule has 0 N–H and O–H groups in total. The minimum Gasteiger partial charge on any atom is -0.469 e. The zero-order valence-corrected chi connectivity index (χ0v) is 18.2. The second-order valence-corrected chi connectivity index (χ2v) is 11.4. The fourth-order valence-electron chi connectivity index (χ4n) is 9.36. The summed E-state index contributed by atoms with van der Waals surface area (Å²) in [5.41, 5.74) is -0.132. The van der Waals surface area contributed by atoms with E-state index in [-0.39, 0.29) is 23.3 Å². The van der Waals surface area contributed by atoms with Gasteiger partial charge >= 0.3 is 5.97 Å². The number of rotatable bonds is 1. The Morgan fingerprint density at radius 2 is 1.79 bits per heavy atom. The van der Waals surface area contributed by atoms with Crippen LogP contribution >= 0.6 is 0 Å². The van der Waals surface area contributed by atoms with E-state index in [2.05, 4.69) is 13.8 Å². The Bertz CT molecular complexity index is 716. The van der Waals surface area contributed by atoms with E-state index in [1.54, 1.807) is 7.11 Å². The summed E-state index contributed by atoms with van der Waals surface area (Å²) in [7, 11) is 1.55. The van der Waals surface area contributed by atoms with Crippen molar-refractivity contribution in [1.82, 2.24) is 0 Å². The summed E-state index contributed by atoms with van der Waals surface area (Å²) in [5.74, 6) is 2.34. The van der Waals surface area contributed by atoms with Gasteiger partial charge < -0.3 is 18.9 Å². The molecular formula is C24H36O5. The molecule has 0 bridgehead atoms. The van der Waals surface area contributed by atoms with E-state index in [0.29, 0.717) is 35.7 Å². The lowest BCUT2D eigenvalue weighted by molar-refractivity contribution is -0.234. The highest BCUT2D eigenvalue weighted by Gasteiger charge is 2.74. The third kappa shape index (κ3) is 2.15. The van der Waals surface area contributed by atoms with E-state index < -0.39 is 5.41 Å². The number of ether oxygens (including phenoxy) is 4. The summed E-state index contributed by atoms with van der Waals surface area (Å²) in [6, 6.07) is 0. The van der Waals surface area contributed by atoms with Crippen molar-refractivity contribution in [2.45, 2.75) is 77.1 Å². The standard InChI is InChI=1S/C24H36O5/c1-21-8-9-24(28-10-11-29-24)13-15(21)4-5-16-17-6-7-23(20(25)26-3)14-27-19(12-18(16)21)22(17,23)2/h15-19H,4-14H2,1-3H3/t15-,16-,17-,18-,19-,21-,22+,23+/m0/s1. The molecule has 29 heavy (non-hydrogen) atoms. The molecule has 0 aromatic carbocycles. The molecule has 4 aliphatic carbocycles. The van der Waals surface area contributed by atoms with Gasteiger partial charge in [0.25, 0.3) is 0 Å². The molecule has 6 rings (SSSR count). The molecule has 5 nitrogen and oxygen atoms in total. The fourth-order valence-corrected chi connectivity index (χ4v) is 9.36. The van der Waals surface area contributed by atoms with Crippen LogP contribution in [0.1, 0.15) is 65.2 Å². The summed E-state index contributed by atoms with van der Waals surface area (Å²) in [5, 5.41) is 0. The highest BCUT2D eigenvalue weighted by Crippen LogP contribution is 2.73. The van der Waals surface area contributed by atoms with Crippen molar-refractivity contribution in [3.05, 3.63) is 0 Å². The number of esters is 1. The summed E-state index contributed by atoms with van der Waals surface area (Å²) in [6.07, 6.45) is 9.24. The number of carbonyl (C=O) groups is 1. The van der Waals surface area contributed by atoms with Crippen molar-refractivity contribution in [3.63, 3.8) is 0 Å². The molecule has 0 unspecified atom stereocenters. The lowest BCUT2D eigenvalue weighted by Gasteiger charge is -2.62. The average molecular weight is 405 g/mol. The monoisotopic (exact) mass is 404 g/mol. The SMILES string of the molecule is COC(=O)[C@@]12CC[C@H]3[C@@H]4CC[C@H]5CC6(CC[C@]5(C)[C@H]4C[C@H](OC1)[C@@]32C)OCCO6. The van der Waals surface area contributed by atoms with Crippen molar-refractivity contribution in [3.8, 4) is 0 Å². The summed E-state index contributed by atoms with van der Waals surface area (Å²) < 4.78 is 24.0. The van der Waals surface area contributed by atoms with Crippen LogP contribution in [0.15, 0.2) is 0 Å². The first kappa shape index (κ1) is 19.1. The van der Waals surface area contributed by atoms with Crippen LogP contribution in [0, 0.1) is 39.9 Å². The molecule has 0 aromatic rings. The molecule has 5 heteroatoms. The highest BCUT2D eigenvalue weighted by molar-refractivity contribution is 5.79. The van der Waals surface area contributed by atoms with Crippen LogP contribution in [0.25, 0.3) is 0 Å². The van der Waals surface area contributed by atoms with E-state index in [9.17, 15) is 4.79 Å². The molecule has 1 spiro atoms. The predicted octanol–water partition coefficient (Wildman–Crippen LogP) is 3.94. The maximum Gasteiger partial charge on any atom is 0.314 e. The molecule has 2 aliphatic heterocycles. The van der Waals surface area contributed by atoms with Crippen molar-refractivity contribution < 1.29 is 23.7 Å². The van der Waals surface area contributed by atoms with Gasteiger partial charge in [0, 0.05) is 18.3 Å². The van der Waals surface area contributed by atoms with Gasteiger partial charge in [-0.15, -0.1) is 0 Å². The molecule has 0 aromatic heterocycles. The zero-order chi connectivity index (χ0) is 20.1. The van der Waals surface area contributed by atoms with Crippen LogP contribution < -0.4 is 0 Å². The highest BCUT2D eigenvalue weighted by atomic mass is 16.7. The molecular weight excluding hydrogens is 368 g/mol. The number of fused-ring (bicyclic) bond motifs is 4. The quantitative estimate of drug-likeness (QED) is 0.620. The van der Waals surface area contributed by atoms with E-state index >= 15 is 0 Å². The van der Waals surface area contributed by atoms with Gasteiger partial charge in [-0.3, -0.25) is 4.79 Å². The van der Waals surface area contributed by atoms with Crippen molar-refractivity contribution >= 4 is 5.97 Å².